The second-order valence-corrected chi connectivity index (χ2v) is 10.2. The molecule has 0 radical (unpaired) electrons. The summed E-state index contributed by atoms with van der Waals surface area (Å²) < 4.78 is 26.6. The van der Waals surface area contributed by atoms with E-state index in [2.05, 4.69) is 25.2 Å². The largest absolute Gasteiger partial charge is 0.484 e. The molecule has 1 heterocycles. The summed E-state index contributed by atoms with van der Waals surface area (Å²) in [6.07, 6.45) is 7.81. The van der Waals surface area contributed by atoms with Crippen LogP contribution < -0.4 is 10.1 Å². The van der Waals surface area contributed by atoms with Gasteiger partial charge in [-0.25, -0.2) is 4.39 Å². The molecule has 4 nitrogen and oxygen atoms in total. The van der Waals surface area contributed by atoms with Gasteiger partial charge < -0.3 is 14.8 Å². The first-order chi connectivity index (χ1) is 16.5. The van der Waals surface area contributed by atoms with Gasteiger partial charge in [0.1, 0.15) is 11.6 Å². The maximum absolute atomic E-state index is 14.4. The summed E-state index contributed by atoms with van der Waals surface area (Å²) in [6, 6.07) is 15.2. The van der Waals surface area contributed by atoms with Gasteiger partial charge in [0.25, 0.3) is 5.91 Å². The average molecular weight is 468 g/mol. The minimum atomic E-state index is -0.158. The van der Waals surface area contributed by atoms with E-state index in [1.54, 1.807) is 6.07 Å². The SMILES string of the molecule is CC(C)[C@@H]1C[C@H](c2ccccc2F)CO[C@H]1c1cccc(OCC(=O)NC2CCCCCC2)c1. The average Bonchev–Trinajstić information content (AvgIpc) is 3.11. The lowest BCUT2D eigenvalue weighted by Crippen LogP contribution is -2.37. The Bertz CT molecular complexity index is 938. The number of benzene rings is 2. The monoisotopic (exact) mass is 467 g/mol. The van der Waals surface area contributed by atoms with Crippen molar-refractivity contribution in [2.24, 2.45) is 11.8 Å². The van der Waals surface area contributed by atoms with Crippen LogP contribution in [0.15, 0.2) is 48.5 Å². The van der Waals surface area contributed by atoms with Crippen molar-refractivity contribution in [3.05, 3.63) is 65.5 Å². The Morgan fingerprint density at radius 1 is 1.09 bits per heavy atom. The Balaban J connectivity index is 1.38. The lowest BCUT2D eigenvalue weighted by Gasteiger charge is -2.39. The van der Waals surface area contributed by atoms with E-state index in [-0.39, 0.29) is 42.3 Å². The molecular formula is C29H38FNO3. The Morgan fingerprint density at radius 2 is 1.85 bits per heavy atom. The standard InChI is InChI=1S/C29H38FNO3/c1-20(2)26-17-22(25-14-7-8-15-27(25)30)18-34-29(26)21-10-9-13-24(16-21)33-19-28(32)31-23-11-5-3-4-6-12-23/h7-10,13-16,20,22-23,26,29H,3-6,11-12,17-19H2,1-2H3,(H,31,32)/t22-,26-,29-/m0/s1. The molecule has 2 aliphatic rings. The van der Waals surface area contributed by atoms with Crippen LogP contribution in [0.4, 0.5) is 4.39 Å². The molecule has 1 saturated carbocycles. The number of amides is 1. The maximum Gasteiger partial charge on any atom is 0.258 e. The number of carbonyl (C=O) groups is 1. The van der Waals surface area contributed by atoms with Crippen molar-refractivity contribution >= 4 is 5.91 Å². The van der Waals surface area contributed by atoms with Gasteiger partial charge in [0.05, 0.1) is 12.7 Å². The zero-order chi connectivity index (χ0) is 23.9. The van der Waals surface area contributed by atoms with Crippen molar-refractivity contribution in [3.63, 3.8) is 0 Å². The molecule has 34 heavy (non-hydrogen) atoms. The number of carbonyl (C=O) groups excluding carboxylic acids is 1. The summed E-state index contributed by atoms with van der Waals surface area (Å²) in [4.78, 5) is 12.4. The second kappa shape index (κ2) is 11.8. The smallest absolute Gasteiger partial charge is 0.258 e. The molecule has 1 aliphatic heterocycles. The van der Waals surface area contributed by atoms with Gasteiger partial charge in [-0.1, -0.05) is 69.9 Å². The number of nitrogens with one attached hydrogen (secondary N) is 1. The normalized spacial score (nSPS) is 23.9. The Kier molecular flexibility index (Phi) is 8.60. The van der Waals surface area contributed by atoms with Crippen molar-refractivity contribution in [1.82, 2.24) is 5.32 Å². The second-order valence-electron chi connectivity index (χ2n) is 10.2. The number of halogens is 1. The van der Waals surface area contributed by atoms with Gasteiger partial charge in [0.2, 0.25) is 0 Å². The molecular weight excluding hydrogens is 429 g/mol. The fourth-order valence-corrected chi connectivity index (χ4v) is 5.47. The van der Waals surface area contributed by atoms with E-state index >= 15 is 0 Å². The summed E-state index contributed by atoms with van der Waals surface area (Å²) in [7, 11) is 0. The number of rotatable bonds is 7. The topological polar surface area (TPSA) is 47.6 Å². The molecule has 184 valence electrons. The van der Waals surface area contributed by atoms with E-state index in [1.807, 2.05) is 30.3 Å². The van der Waals surface area contributed by atoms with Crippen LogP contribution in [0.1, 0.15) is 81.9 Å². The Labute approximate surface area is 203 Å². The van der Waals surface area contributed by atoms with E-state index in [0.717, 1.165) is 30.4 Å². The van der Waals surface area contributed by atoms with Crippen LogP contribution in [-0.4, -0.2) is 25.2 Å². The van der Waals surface area contributed by atoms with E-state index in [9.17, 15) is 9.18 Å². The summed E-state index contributed by atoms with van der Waals surface area (Å²) >= 11 is 0. The first kappa shape index (κ1) is 24.7. The molecule has 0 unspecified atom stereocenters. The van der Waals surface area contributed by atoms with Crippen molar-refractivity contribution < 1.29 is 18.7 Å². The third-order valence-electron chi connectivity index (χ3n) is 7.40. The van der Waals surface area contributed by atoms with Gasteiger partial charge in [0.15, 0.2) is 6.61 Å². The first-order valence-corrected chi connectivity index (χ1v) is 12.9. The van der Waals surface area contributed by atoms with Crippen LogP contribution >= 0.6 is 0 Å². The van der Waals surface area contributed by atoms with Crippen LogP contribution in [0.2, 0.25) is 0 Å². The Morgan fingerprint density at radius 3 is 2.59 bits per heavy atom. The van der Waals surface area contributed by atoms with Gasteiger partial charge >= 0.3 is 0 Å². The quantitative estimate of drug-likeness (QED) is 0.469. The molecule has 1 saturated heterocycles. The molecule has 1 N–H and O–H groups in total. The Hall–Kier alpha value is -2.40. The van der Waals surface area contributed by atoms with Crippen LogP contribution in [0.3, 0.4) is 0 Å². The van der Waals surface area contributed by atoms with E-state index in [4.69, 9.17) is 9.47 Å². The van der Waals surface area contributed by atoms with Crippen LogP contribution in [0, 0.1) is 17.7 Å². The highest BCUT2D eigenvalue weighted by Gasteiger charge is 2.35. The fourth-order valence-electron chi connectivity index (χ4n) is 5.47. The molecule has 2 fully saturated rings. The van der Waals surface area contributed by atoms with Gasteiger partial charge in [-0.3, -0.25) is 4.79 Å². The molecule has 3 atom stereocenters. The highest BCUT2D eigenvalue weighted by atomic mass is 19.1. The predicted molar refractivity (Wildman–Crippen MR) is 132 cm³/mol. The van der Waals surface area contributed by atoms with Gasteiger partial charge in [-0.2, -0.15) is 0 Å². The lowest BCUT2D eigenvalue weighted by atomic mass is 9.76. The van der Waals surface area contributed by atoms with Gasteiger partial charge in [-0.05, 0) is 60.4 Å². The molecule has 5 heteroatoms. The minimum absolute atomic E-state index is 0.0223. The first-order valence-electron chi connectivity index (χ1n) is 12.9. The zero-order valence-electron chi connectivity index (χ0n) is 20.5. The van der Waals surface area contributed by atoms with E-state index in [0.29, 0.717) is 18.3 Å². The highest BCUT2D eigenvalue weighted by Crippen LogP contribution is 2.44. The van der Waals surface area contributed by atoms with Crippen molar-refractivity contribution in [1.29, 1.82) is 0 Å². The lowest BCUT2D eigenvalue weighted by molar-refractivity contribution is -0.123. The molecule has 1 amide bonds. The van der Waals surface area contributed by atoms with E-state index in [1.165, 1.54) is 31.7 Å². The van der Waals surface area contributed by atoms with E-state index < -0.39 is 0 Å². The van der Waals surface area contributed by atoms with Crippen molar-refractivity contribution in [2.45, 2.75) is 76.9 Å². The van der Waals surface area contributed by atoms with Gasteiger partial charge in [0, 0.05) is 12.0 Å². The summed E-state index contributed by atoms with van der Waals surface area (Å²) in [6.45, 7) is 4.91. The van der Waals surface area contributed by atoms with Crippen molar-refractivity contribution in [3.8, 4) is 5.75 Å². The number of hydrogen-bond donors (Lipinski definition) is 1. The molecule has 0 aromatic heterocycles. The maximum atomic E-state index is 14.4. The molecule has 2 aromatic rings. The summed E-state index contributed by atoms with van der Waals surface area (Å²) in [5, 5.41) is 3.13. The minimum Gasteiger partial charge on any atom is -0.484 e. The van der Waals surface area contributed by atoms with Crippen LogP contribution in [0.5, 0.6) is 5.75 Å². The van der Waals surface area contributed by atoms with Crippen molar-refractivity contribution in [2.75, 3.05) is 13.2 Å². The third-order valence-corrected chi connectivity index (χ3v) is 7.40. The number of ether oxygens (including phenoxy) is 2. The van der Waals surface area contributed by atoms with Crippen LogP contribution in [-0.2, 0) is 9.53 Å². The van der Waals surface area contributed by atoms with Crippen LogP contribution in [0.25, 0.3) is 0 Å². The number of hydrogen-bond acceptors (Lipinski definition) is 3. The zero-order valence-corrected chi connectivity index (χ0v) is 20.5. The third kappa shape index (κ3) is 6.38. The predicted octanol–water partition coefficient (Wildman–Crippen LogP) is 6.56. The molecule has 0 spiro atoms. The molecule has 4 rings (SSSR count). The summed E-state index contributed by atoms with van der Waals surface area (Å²) in [5.74, 6) is 1.16. The molecule has 1 aliphatic carbocycles. The molecule has 2 aromatic carbocycles. The fraction of sp³-hybridized carbons (Fsp3) is 0.552. The summed E-state index contributed by atoms with van der Waals surface area (Å²) in [5.41, 5.74) is 1.79. The van der Waals surface area contributed by atoms with Gasteiger partial charge in [-0.15, -0.1) is 0 Å². The molecule has 0 bridgehead atoms. The highest BCUT2D eigenvalue weighted by molar-refractivity contribution is 5.77.